The second-order valence-corrected chi connectivity index (χ2v) is 10.5. The molecule has 0 amide bonds. The van der Waals surface area contributed by atoms with Gasteiger partial charge in [-0.15, -0.1) is 0 Å². The summed E-state index contributed by atoms with van der Waals surface area (Å²) in [6.45, 7) is 0. The van der Waals surface area contributed by atoms with Gasteiger partial charge in [-0.3, -0.25) is 0 Å². The maximum absolute atomic E-state index is 9.92. The zero-order chi connectivity index (χ0) is 42.7. The zero-order valence-corrected chi connectivity index (χ0v) is 22.7. The number of hydrogen-bond acceptors (Lipinski definition) is 0. The first-order valence-electron chi connectivity index (χ1n) is 21.9. The average molecular weight is 575 g/mol. The lowest BCUT2D eigenvalue weighted by atomic mass is 9.94. The Morgan fingerprint density at radius 2 is 0.795 bits per heavy atom. The molecule has 8 aromatic carbocycles. The van der Waals surface area contributed by atoms with E-state index in [1.807, 2.05) is 24.3 Å². The van der Waals surface area contributed by atoms with Crippen molar-refractivity contribution in [2.45, 2.75) is 0 Å². The lowest BCUT2D eigenvalue weighted by molar-refractivity contribution is 1.17. The Balaban J connectivity index is 1.44. The largest absolute Gasteiger partial charge is 0.309 e. The summed E-state index contributed by atoms with van der Waals surface area (Å²) in [7, 11) is 0. The topological polar surface area (TPSA) is 9.86 Å². The van der Waals surface area contributed by atoms with Gasteiger partial charge in [0.25, 0.3) is 0 Å². The number of hydrogen-bond donors (Lipinski definition) is 0. The average Bonchev–Trinajstić information content (AvgIpc) is 3.75. The van der Waals surface area contributed by atoms with Crippen LogP contribution in [0.5, 0.6) is 0 Å². The van der Waals surface area contributed by atoms with Gasteiger partial charge in [-0.1, -0.05) is 109 Å². The highest BCUT2D eigenvalue weighted by Gasteiger charge is 2.20. The van der Waals surface area contributed by atoms with Crippen molar-refractivity contribution < 1.29 is 21.9 Å². The molecule has 10 rings (SSSR count). The van der Waals surface area contributed by atoms with Gasteiger partial charge in [-0.2, -0.15) is 0 Å². The Kier molecular flexibility index (Phi) is 2.65. The van der Waals surface area contributed by atoms with E-state index in [4.69, 9.17) is 17.8 Å². The third-order valence-electron chi connectivity index (χ3n) is 8.33. The summed E-state index contributed by atoms with van der Waals surface area (Å²) in [6, 6.07) is 9.19. The molecule has 0 saturated carbocycles. The fourth-order valence-corrected chi connectivity index (χ4v) is 6.61. The van der Waals surface area contributed by atoms with Crippen LogP contribution in [0.25, 0.3) is 87.3 Å². The second-order valence-electron chi connectivity index (χ2n) is 10.5. The zero-order valence-electron chi connectivity index (χ0n) is 38.7. The van der Waals surface area contributed by atoms with Crippen LogP contribution in [-0.2, 0) is 0 Å². The predicted octanol–water partition coefficient (Wildman–Crippen LogP) is 11.3. The molecule has 0 aliphatic rings. The molecule has 0 spiro atoms. The number of para-hydroxylation sites is 3. The van der Waals surface area contributed by atoms with Crippen LogP contribution in [0.3, 0.4) is 0 Å². The summed E-state index contributed by atoms with van der Waals surface area (Å²) in [4.78, 5) is 0. The van der Waals surface area contributed by atoms with Crippen molar-refractivity contribution in [1.29, 1.82) is 0 Å². The van der Waals surface area contributed by atoms with Crippen LogP contribution in [-0.4, -0.2) is 9.13 Å². The van der Waals surface area contributed by atoms with Crippen molar-refractivity contribution in [2.75, 3.05) is 0 Å². The monoisotopic (exact) mass is 574 g/mol. The first-order valence-corrected chi connectivity index (χ1v) is 13.9. The molecule has 0 atom stereocenters. The summed E-state index contributed by atoms with van der Waals surface area (Å²) in [5.74, 6) is 0. The Morgan fingerprint density at radius 3 is 1.36 bits per heavy atom. The molecule has 44 heavy (non-hydrogen) atoms. The number of fused-ring (bicyclic) bond motifs is 13. The molecule has 204 valence electrons. The molecule has 0 saturated heterocycles. The molecule has 2 heterocycles. The Hall–Kier alpha value is -5.86. The predicted molar refractivity (Wildman–Crippen MR) is 188 cm³/mol. The SMILES string of the molecule is [2H]c1c([2H])c([2H])c(-n2c3ccccc3c3c4c5ccccc5n(-c5c([2H])c([2H])c6c7c([2H])c([2H])c([2H])c([2H])c7c7c([2H])c([2H])c([2H])c([2H])c7c6c5[2H])c4ccc32)c([2H])c1[2H]. The molecule has 0 aliphatic carbocycles. The van der Waals surface area contributed by atoms with Crippen molar-refractivity contribution in [3.8, 4) is 11.4 Å². The van der Waals surface area contributed by atoms with Crippen LogP contribution in [0.4, 0.5) is 0 Å². The fourth-order valence-electron chi connectivity index (χ4n) is 6.61. The van der Waals surface area contributed by atoms with Gasteiger partial charge in [-0.25, -0.2) is 0 Å². The van der Waals surface area contributed by atoms with Crippen LogP contribution < -0.4 is 0 Å². The van der Waals surface area contributed by atoms with E-state index in [-0.39, 0.29) is 43.7 Å². The van der Waals surface area contributed by atoms with Gasteiger partial charge in [0.2, 0.25) is 0 Å². The quantitative estimate of drug-likeness (QED) is 0.182. The van der Waals surface area contributed by atoms with E-state index in [0.717, 1.165) is 0 Å². The molecule has 10 aromatic rings. The van der Waals surface area contributed by atoms with E-state index in [1.54, 1.807) is 45.5 Å². The highest BCUT2D eigenvalue weighted by Crippen LogP contribution is 2.43. The molecular formula is C42H26N2. The summed E-state index contributed by atoms with van der Waals surface area (Å²) >= 11 is 0. The van der Waals surface area contributed by atoms with Crippen molar-refractivity contribution in [2.24, 2.45) is 0 Å². The van der Waals surface area contributed by atoms with E-state index < -0.39 is 96.7 Å². The highest BCUT2D eigenvalue weighted by molar-refractivity contribution is 6.29. The van der Waals surface area contributed by atoms with Crippen LogP contribution in [0.15, 0.2) is 157 Å². The molecule has 2 heteroatoms. The van der Waals surface area contributed by atoms with Gasteiger partial charge < -0.3 is 9.13 Å². The van der Waals surface area contributed by atoms with Crippen LogP contribution in [0.1, 0.15) is 21.9 Å². The lowest BCUT2D eigenvalue weighted by Crippen LogP contribution is -1.95. The number of aromatic nitrogens is 2. The number of nitrogens with zero attached hydrogens (tertiary/aromatic N) is 2. The van der Waals surface area contributed by atoms with Gasteiger partial charge in [0.1, 0.15) is 0 Å². The molecule has 0 unspecified atom stereocenters. The Morgan fingerprint density at radius 1 is 0.341 bits per heavy atom. The minimum absolute atomic E-state index is 0.0489. The summed E-state index contributed by atoms with van der Waals surface area (Å²) in [6.07, 6.45) is 0. The van der Waals surface area contributed by atoms with Crippen LogP contribution in [0, 0.1) is 0 Å². The molecule has 0 N–H and O–H groups in total. The van der Waals surface area contributed by atoms with Gasteiger partial charge >= 0.3 is 0 Å². The summed E-state index contributed by atoms with van der Waals surface area (Å²) in [5.41, 5.74) is 1.84. The molecule has 2 nitrogen and oxygen atoms in total. The van der Waals surface area contributed by atoms with E-state index in [1.165, 1.54) is 0 Å². The first-order chi connectivity index (χ1) is 28.5. The second kappa shape index (κ2) is 8.82. The third kappa shape index (κ3) is 3.09. The Labute approximate surface area is 276 Å². The summed E-state index contributed by atoms with van der Waals surface area (Å²) in [5, 5.41) is 1.22. The number of rotatable bonds is 2. The maximum atomic E-state index is 9.92. The van der Waals surface area contributed by atoms with Gasteiger partial charge in [0, 0.05) is 32.9 Å². The normalized spacial score (nSPS) is 17.2. The third-order valence-corrected chi connectivity index (χ3v) is 8.33. The van der Waals surface area contributed by atoms with Crippen LogP contribution >= 0.6 is 0 Å². The molecule has 0 fully saturated rings. The maximum Gasteiger partial charge on any atom is 0.0652 e. The molecule has 0 radical (unpaired) electrons. The van der Waals surface area contributed by atoms with Crippen molar-refractivity contribution >= 4 is 75.9 Å². The van der Waals surface area contributed by atoms with E-state index in [0.29, 0.717) is 43.6 Å². The van der Waals surface area contributed by atoms with Crippen LogP contribution in [0.2, 0.25) is 0 Å². The van der Waals surface area contributed by atoms with Crippen molar-refractivity contribution in [3.63, 3.8) is 0 Å². The van der Waals surface area contributed by atoms with Gasteiger partial charge in [-0.05, 0) is 80.8 Å². The van der Waals surface area contributed by atoms with Crippen molar-refractivity contribution in [3.05, 3.63) is 157 Å². The van der Waals surface area contributed by atoms with E-state index in [9.17, 15) is 4.11 Å². The molecule has 0 bridgehead atoms. The lowest BCUT2D eigenvalue weighted by Gasteiger charge is -2.14. The summed E-state index contributed by atoms with van der Waals surface area (Å²) < 4.78 is 145. The molecular weight excluding hydrogens is 532 g/mol. The Bertz CT molecular complexity index is 3610. The highest BCUT2D eigenvalue weighted by atomic mass is 15.0. The fraction of sp³-hybridized carbons (Fsp3) is 0. The smallest absolute Gasteiger partial charge is 0.0652 e. The number of benzene rings is 8. The van der Waals surface area contributed by atoms with Gasteiger partial charge in [0.05, 0.1) is 44.0 Å². The minimum atomic E-state index is -0.648. The molecule has 2 aromatic heterocycles. The standard InChI is InChI=1S/C42H26N2/c1-2-12-27(13-3-1)43-37-20-10-8-18-34(37)41-39(43)24-25-40-42(41)35-19-9-11-21-38(35)44(40)28-22-23-33-31-16-5-4-14-29(31)30-15-6-7-17-32(30)36(33)26-28/h1-26H/i1D,2D,3D,4D,5D,6D,7D,12D,13D,14D,15D,16D,17D,22D,23D,26D. The van der Waals surface area contributed by atoms with Gasteiger partial charge in [0.15, 0.2) is 0 Å². The van der Waals surface area contributed by atoms with E-state index in [2.05, 4.69) is 0 Å². The van der Waals surface area contributed by atoms with Crippen molar-refractivity contribution in [1.82, 2.24) is 9.13 Å². The minimum Gasteiger partial charge on any atom is -0.309 e. The molecule has 0 aliphatic heterocycles. The van der Waals surface area contributed by atoms with E-state index >= 15 is 0 Å². The first kappa shape index (κ1) is 13.2.